The SMILES string of the molecule is CC(C)(C)OC(=O)N1CCCC1c1cnc(-c2cccc(-c3ccccc3)c2-c2ncc(C3CCCN3C(=O)OC(C)(C)C)s2)s1. The van der Waals surface area contributed by atoms with Crippen molar-refractivity contribution in [2.75, 3.05) is 13.1 Å². The lowest BCUT2D eigenvalue weighted by Crippen LogP contribution is -2.36. The molecule has 2 aromatic heterocycles. The Kier molecular flexibility index (Phi) is 8.95. The third kappa shape index (κ3) is 6.98. The van der Waals surface area contributed by atoms with E-state index in [4.69, 9.17) is 19.4 Å². The number of ether oxygens (including phenoxy) is 2. The van der Waals surface area contributed by atoms with E-state index in [9.17, 15) is 9.59 Å². The fraction of sp³-hybridized carbons (Fsp3) is 0.444. The van der Waals surface area contributed by atoms with Gasteiger partial charge in [0.2, 0.25) is 0 Å². The Balaban J connectivity index is 1.37. The largest absolute Gasteiger partial charge is 0.444 e. The Morgan fingerprint density at radius 1 is 0.696 bits per heavy atom. The van der Waals surface area contributed by atoms with Gasteiger partial charge in [0, 0.05) is 46.4 Å². The molecule has 4 heterocycles. The number of hydrogen-bond donors (Lipinski definition) is 0. The number of hydrogen-bond acceptors (Lipinski definition) is 8. The Hall–Kier alpha value is -3.76. The molecule has 0 N–H and O–H groups in total. The first-order valence-electron chi connectivity index (χ1n) is 16.0. The summed E-state index contributed by atoms with van der Waals surface area (Å²) in [5, 5.41) is 1.76. The van der Waals surface area contributed by atoms with E-state index in [0.717, 1.165) is 67.7 Å². The fourth-order valence-corrected chi connectivity index (χ4v) is 8.38. The van der Waals surface area contributed by atoms with E-state index >= 15 is 0 Å². The first-order valence-corrected chi connectivity index (χ1v) is 17.6. The molecule has 4 aromatic rings. The molecule has 2 atom stereocenters. The molecule has 46 heavy (non-hydrogen) atoms. The smallest absolute Gasteiger partial charge is 0.410 e. The third-order valence-corrected chi connectivity index (χ3v) is 10.3. The standard InChI is InChI=1S/C36H42N4O4S2/c1-35(2,3)43-33(41)39-19-11-17-26(39)28-21-37-31(45-28)25-16-10-15-24(23-13-8-7-9-14-23)30(25)32-38-22-29(46-32)27-18-12-20-40(27)34(42)44-36(4,5)6/h7-10,13-16,21-22,26-27H,11-12,17-20H2,1-6H3. The Labute approximate surface area is 279 Å². The molecule has 8 nitrogen and oxygen atoms in total. The van der Waals surface area contributed by atoms with Gasteiger partial charge in [-0.1, -0.05) is 48.5 Å². The number of likely N-dealkylation sites (tertiary alicyclic amines) is 2. The maximum absolute atomic E-state index is 13.1. The second-order valence-electron chi connectivity index (χ2n) is 13.9. The summed E-state index contributed by atoms with van der Waals surface area (Å²) in [4.78, 5) is 41.8. The molecule has 0 saturated carbocycles. The predicted octanol–water partition coefficient (Wildman–Crippen LogP) is 9.74. The van der Waals surface area contributed by atoms with Crippen LogP contribution in [-0.4, -0.2) is 56.2 Å². The second-order valence-corrected chi connectivity index (χ2v) is 16.0. The van der Waals surface area contributed by atoms with Crippen LogP contribution in [0, 0.1) is 0 Å². The maximum atomic E-state index is 13.1. The number of rotatable bonds is 5. The number of nitrogens with zero attached hydrogens (tertiary/aromatic N) is 4. The average molecular weight is 659 g/mol. The van der Waals surface area contributed by atoms with Crippen molar-refractivity contribution in [1.29, 1.82) is 0 Å². The average Bonchev–Trinajstić information content (AvgIpc) is 3.81. The molecular weight excluding hydrogens is 617 g/mol. The quantitative estimate of drug-likeness (QED) is 0.212. The summed E-state index contributed by atoms with van der Waals surface area (Å²) < 4.78 is 11.5. The zero-order valence-electron chi connectivity index (χ0n) is 27.4. The van der Waals surface area contributed by atoms with E-state index in [1.54, 1.807) is 22.7 Å². The maximum Gasteiger partial charge on any atom is 0.410 e. The zero-order valence-corrected chi connectivity index (χ0v) is 29.0. The molecule has 2 amide bonds. The van der Waals surface area contributed by atoms with Crippen molar-refractivity contribution in [3.63, 3.8) is 0 Å². The molecular formula is C36H42N4O4S2. The molecule has 0 aliphatic carbocycles. The molecule has 2 saturated heterocycles. The van der Waals surface area contributed by atoms with Crippen LogP contribution in [0.25, 0.3) is 32.3 Å². The molecule has 0 spiro atoms. The van der Waals surface area contributed by atoms with Gasteiger partial charge in [-0.15, -0.1) is 22.7 Å². The van der Waals surface area contributed by atoms with Crippen molar-refractivity contribution in [2.45, 2.75) is 90.5 Å². The molecule has 2 aromatic carbocycles. The lowest BCUT2D eigenvalue weighted by atomic mass is 9.96. The number of benzene rings is 2. The van der Waals surface area contributed by atoms with Crippen molar-refractivity contribution < 1.29 is 19.1 Å². The monoisotopic (exact) mass is 658 g/mol. The van der Waals surface area contributed by atoms with Gasteiger partial charge in [0.25, 0.3) is 0 Å². The Morgan fingerprint density at radius 3 is 1.74 bits per heavy atom. The summed E-state index contributed by atoms with van der Waals surface area (Å²) in [6.07, 6.45) is 6.88. The molecule has 242 valence electrons. The van der Waals surface area contributed by atoms with Crippen LogP contribution in [-0.2, 0) is 9.47 Å². The van der Waals surface area contributed by atoms with Gasteiger partial charge in [0.05, 0.1) is 12.1 Å². The minimum Gasteiger partial charge on any atom is -0.444 e. The van der Waals surface area contributed by atoms with Crippen molar-refractivity contribution in [3.8, 4) is 32.3 Å². The lowest BCUT2D eigenvalue weighted by Gasteiger charge is -2.28. The van der Waals surface area contributed by atoms with Crippen LogP contribution < -0.4 is 0 Å². The molecule has 10 heteroatoms. The van der Waals surface area contributed by atoms with Crippen molar-refractivity contribution >= 4 is 34.9 Å². The van der Waals surface area contributed by atoms with E-state index < -0.39 is 11.2 Å². The highest BCUT2D eigenvalue weighted by Crippen LogP contribution is 2.46. The summed E-state index contributed by atoms with van der Waals surface area (Å²) >= 11 is 3.25. The van der Waals surface area contributed by atoms with E-state index in [0.29, 0.717) is 13.1 Å². The van der Waals surface area contributed by atoms with Gasteiger partial charge in [-0.3, -0.25) is 0 Å². The number of thiazole rings is 2. The molecule has 2 unspecified atom stereocenters. The van der Waals surface area contributed by atoms with Crippen molar-refractivity contribution in [2.24, 2.45) is 0 Å². The van der Waals surface area contributed by atoms with Gasteiger partial charge in [0.15, 0.2) is 0 Å². The van der Waals surface area contributed by atoms with Gasteiger partial charge in [-0.25, -0.2) is 19.6 Å². The molecule has 6 rings (SSSR count). The number of carbonyl (C=O) groups excluding carboxylic acids is 2. The number of aromatic nitrogens is 2. The topological polar surface area (TPSA) is 84.9 Å². The van der Waals surface area contributed by atoms with Crippen molar-refractivity contribution in [3.05, 3.63) is 70.7 Å². The highest BCUT2D eigenvalue weighted by Gasteiger charge is 2.36. The van der Waals surface area contributed by atoms with Crippen LogP contribution >= 0.6 is 22.7 Å². The third-order valence-electron chi connectivity index (χ3n) is 8.06. The van der Waals surface area contributed by atoms with Crippen LogP contribution in [0.3, 0.4) is 0 Å². The highest BCUT2D eigenvalue weighted by molar-refractivity contribution is 7.16. The fourth-order valence-electron chi connectivity index (χ4n) is 6.14. The summed E-state index contributed by atoms with van der Waals surface area (Å²) in [5.41, 5.74) is 3.07. The van der Waals surface area contributed by atoms with E-state index in [-0.39, 0.29) is 24.3 Å². The van der Waals surface area contributed by atoms with Gasteiger partial charge in [-0.2, -0.15) is 0 Å². The second kappa shape index (κ2) is 12.8. The first-order chi connectivity index (χ1) is 21.9. The van der Waals surface area contributed by atoms with E-state index in [1.807, 2.05) is 81.9 Å². The van der Waals surface area contributed by atoms with Crippen LogP contribution in [0.15, 0.2) is 60.9 Å². The first kappa shape index (κ1) is 32.2. The molecule has 0 bridgehead atoms. The summed E-state index contributed by atoms with van der Waals surface area (Å²) in [6, 6.07) is 16.5. The van der Waals surface area contributed by atoms with Crippen LogP contribution in [0.4, 0.5) is 9.59 Å². The van der Waals surface area contributed by atoms with E-state index in [2.05, 4.69) is 30.3 Å². The predicted molar refractivity (Wildman–Crippen MR) is 184 cm³/mol. The van der Waals surface area contributed by atoms with Gasteiger partial charge in [0.1, 0.15) is 21.2 Å². The lowest BCUT2D eigenvalue weighted by molar-refractivity contribution is 0.0216. The summed E-state index contributed by atoms with van der Waals surface area (Å²) in [6.45, 7) is 12.7. The van der Waals surface area contributed by atoms with Crippen LogP contribution in [0.5, 0.6) is 0 Å². The van der Waals surface area contributed by atoms with Crippen LogP contribution in [0.1, 0.15) is 89.1 Å². The molecule has 2 aliphatic heterocycles. The minimum atomic E-state index is -0.554. The normalized spacial score (nSPS) is 18.7. The van der Waals surface area contributed by atoms with Gasteiger partial charge in [-0.05, 0) is 78.4 Å². The number of amides is 2. The van der Waals surface area contributed by atoms with Gasteiger partial charge < -0.3 is 19.3 Å². The van der Waals surface area contributed by atoms with E-state index in [1.165, 1.54) is 0 Å². The molecule has 0 radical (unpaired) electrons. The van der Waals surface area contributed by atoms with Crippen LogP contribution in [0.2, 0.25) is 0 Å². The van der Waals surface area contributed by atoms with Gasteiger partial charge >= 0.3 is 12.2 Å². The minimum absolute atomic E-state index is 0.0606. The number of carbonyl (C=O) groups is 2. The molecule has 2 fully saturated rings. The summed E-state index contributed by atoms with van der Waals surface area (Å²) in [5.74, 6) is 0. The van der Waals surface area contributed by atoms with Crippen molar-refractivity contribution in [1.82, 2.24) is 19.8 Å². The molecule has 2 aliphatic rings. The zero-order chi connectivity index (χ0) is 32.6. The Morgan fingerprint density at radius 2 is 1.20 bits per heavy atom. The highest BCUT2D eigenvalue weighted by atomic mass is 32.1. The summed E-state index contributed by atoms with van der Waals surface area (Å²) in [7, 11) is 0. The Bertz CT molecular complexity index is 1700.